The van der Waals surface area contributed by atoms with Crippen LogP contribution in [-0.4, -0.2) is 0 Å². The molecule has 0 saturated heterocycles. The van der Waals surface area contributed by atoms with E-state index in [2.05, 4.69) is 43.3 Å². The average Bonchev–Trinajstić information content (AvgIpc) is 2.46. The number of alkyl halides is 1. The zero-order chi connectivity index (χ0) is 14.7. The monoisotopic (exact) mass is 300 g/mol. The van der Waals surface area contributed by atoms with Crippen molar-refractivity contribution in [2.24, 2.45) is 5.92 Å². The van der Waals surface area contributed by atoms with Gasteiger partial charge in [0, 0.05) is 0 Å². The van der Waals surface area contributed by atoms with E-state index in [9.17, 15) is 0 Å². The zero-order valence-corrected chi connectivity index (χ0v) is 13.7. The third-order valence-electron chi connectivity index (χ3n) is 5.03. The van der Waals surface area contributed by atoms with Crippen molar-refractivity contribution in [2.75, 3.05) is 0 Å². The summed E-state index contributed by atoms with van der Waals surface area (Å²) in [4.78, 5) is 0. The quantitative estimate of drug-likeness (QED) is 0.536. The Hall–Kier alpha value is -1.01. The van der Waals surface area contributed by atoms with Crippen LogP contribution >= 0.6 is 11.6 Å². The number of fused-ring (bicyclic) bond motifs is 1. The third kappa shape index (κ3) is 3.26. The summed E-state index contributed by atoms with van der Waals surface area (Å²) in [5.41, 5.74) is 2.72. The van der Waals surface area contributed by atoms with Crippen LogP contribution in [0.1, 0.15) is 61.4 Å². The van der Waals surface area contributed by atoms with Crippen molar-refractivity contribution in [3.05, 3.63) is 47.5 Å². The van der Waals surface area contributed by atoms with Crippen LogP contribution < -0.4 is 0 Å². The molecule has 0 bridgehead atoms. The highest BCUT2D eigenvalue weighted by Crippen LogP contribution is 2.41. The fourth-order valence-corrected chi connectivity index (χ4v) is 4.33. The van der Waals surface area contributed by atoms with Gasteiger partial charge in [0.1, 0.15) is 0 Å². The maximum atomic E-state index is 7.00. The van der Waals surface area contributed by atoms with Crippen molar-refractivity contribution < 1.29 is 0 Å². The van der Waals surface area contributed by atoms with Crippen LogP contribution in [0, 0.1) is 12.8 Å². The van der Waals surface area contributed by atoms with Crippen LogP contribution in [0.25, 0.3) is 10.8 Å². The van der Waals surface area contributed by atoms with Gasteiger partial charge in [-0.15, -0.1) is 11.6 Å². The highest BCUT2D eigenvalue weighted by molar-refractivity contribution is 6.22. The van der Waals surface area contributed by atoms with Crippen LogP contribution in [0.5, 0.6) is 0 Å². The summed E-state index contributed by atoms with van der Waals surface area (Å²) in [5.74, 6) is 0.636. The molecule has 0 aromatic heterocycles. The molecule has 21 heavy (non-hydrogen) atoms. The molecule has 0 radical (unpaired) electrons. The van der Waals surface area contributed by atoms with Crippen molar-refractivity contribution in [3.8, 4) is 0 Å². The predicted octanol–water partition coefficient (Wildman–Crippen LogP) is 6.79. The van der Waals surface area contributed by atoms with Gasteiger partial charge < -0.3 is 0 Å². The molecule has 3 rings (SSSR count). The topological polar surface area (TPSA) is 0 Å². The summed E-state index contributed by atoms with van der Waals surface area (Å²) in [6, 6.07) is 13.1. The van der Waals surface area contributed by atoms with E-state index >= 15 is 0 Å². The van der Waals surface area contributed by atoms with E-state index in [0.29, 0.717) is 5.92 Å². The van der Waals surface area contributed by atoms with Crippen LogP contribution in [0.3, 0.4) is 0 Å². The summed E-state index contributed by atoms with van der Waals surface area (Å²) >= 11 is 7.00. The molecular weight excluding hydrogens is 276 g/mol. The molecule has 2 aromatic carbocycles. The van der Waals surface area contributed by atoms with Crippen LogP contribution in [0.2, 0.25) is 0 Å². The van der Waals surface area contributed by atoms with Gasteiger partial charge in [-0.3, -0.25) is 0 Å². The lowest BCUT2D eigenvalue weighted by atomic mass is 9.83. The number of halogens is 1. The van der Waals surface area contributed by atoms with Gasteiger partial charge in [-0.2, -0.15) is 0 Å². The Labute approximate surface area is 133 Å². The van der Waals surface area contributed by atoms with E-state index < -0.39 is 0 Å². The zero-order valence-electron chi connectivity index (χ0n) is 12.9. The molecule has 1 atom stereocenters. The van der Waals surface area contributed by atoms with Gasteiger partial charge in [-0.25, -0.2) is 0 Å². The number of benzene rings is 2. The van der Waals surface area contributed by atoms with E-state index in [1.54, 1.807) is 0 Å². The molecule has 1 heteroatoms. The van der Waals surface area contributed by atoms with Gasteiger partial charge in [-0.05, 0) is 47.6 Å². The third-order valence-corrected chi connectivity index (χ3v) is 5.60. The number of rotatable bonds is 2. The van der Waals surface area contributed by atoms with E-state index in [-0.39, 0.29) is 5.38 Å². The first kappa shape index (κ1) is 14.9. The lowest BCUT2D eigenvalue weighted by molar-refractivity contribution is 0.369. The van der Waals surface area contributed by atoms with Crippen molar-refractivity contribution in [3.63, 3.8) is 0 Å². The molecular formula is C20H25Cl. The molecule has 2 aromatic rings. The van der Waals surface area contributed by atoms with Crippen LogP contribution in [0.4, 0.5) is 0 Å². The second-order valence-corrected chi connectivity index (χ2v) is 6.99. The molecule has 0 amide bonds. The lowest BCUT2D eigenvalue weighted by Gasteiger charge is -2.26. The molecule has 1 unspecified atom stereocenters. The molecule has 1 aliphatic carbocycles. The van der Waals surface area contributed by atoms with Gasteiger partial charge in [0.2, 0.25) is 0 Å². The first-order chi connectivity index (χ1) is 10.3. The standard InChI is InChI=1S/C20H25Cl/c1-15-13-14-16-9-7-8-12-18(16)19(15)20(21)17-10-5-3-2-4-6-11-17/h7-9,12-14,17,20H,2-6,10-11H2,1H3. The highest BCUT2D eigenvalue weighted by atomic mass is 35.5. The maximum absolute atomic E-state index is 7.00. The fraction of sp³-hybridized carbons (Fsp3) is 0.500. The Morgan fingerprint density at radius 2 is 1.57 bits per heavy atom. The van der Waals surface area contributed by atoms with E-state index in [1.165, 1.54) is 66.8 Å². The molecule has 0 nitrogen and oxygen atoms in total. The smallest absolute Gasteiger partial charge is 0.0622 e. The molecule has 1 saturated carbocycles. The summed E-state index contributed by atoms with van der Waals surface area (Å²) < 4.78 is 0. The summed E-state index contributed by atoms with van der Waals surface area (Å²) in [7, 11) is 0. The minimum Gasteiger partial charge on any atom is -0.117 e. The Balaban J connectivity index is 1.96. The predicted molar refractivity (Wildman–Crippen MR) is 93.1 cm³/mol. The normalized spacial score (nSPS) is 19.1. The first-order valence-corrected chi connectivity index (χ1v) is 8.83. The van der Waals surface area contributed by atoms with Gasteiger partial charge in [-0.1, -0.05) is 68.5 Å². The Morgan fingerprint density at radius 1 is 0.905 bits per heavy atom. The van der Waals surface area contributed by atoms with E-state index in [0.717, 1.165) is 0 Å². The molecule has 0 aliphatic heterocycles. The van der Waals surface area contributed by atoms with E-state index in [4.69, 9.17) is 11.6 Å². The van der Waals surface area contributed by atoms with E-state index in [1.807, 2.05) is 0 Å². The second-order valence-electron chi connectivity index (χ2n) is 6.52. The van der Waals surface area contributed by atoms with Gasteiger partial charge in [0.05, 0.1) is 5.38 Å². The first-order valence-electron chi connectivity index (χ1n) is 8.39. The number of hydrogen-bond acceptors (Lipinski definition) is 0. The maximum Gasteiger partial charge on any atom is 0.0622 e. The molecule has 112 valence electrons. The van der Waals surface area contributed by atoms with Crippen LogP contribution in [-0.2, 0) is 0 Å². The van der Waals surface area contributed by atoms with Crippen molar-refractivity contribution in [1.29, 1.82) is 0 Å². The SMILES string of the molecule is Cc1ccc2ccccc2c1C(Cl)C1CCCCCCC1. The Morgan fingerprint density at radius 3 is 2.33 bits per heavy atom. The Bertz CT molecular complexity index is 594. The van der Waals surface area contributed by atoms with Crippen molar-refractivity contribution in [2.45, 2.75) is 57.2 Å². The van der Waals surface area contributed by atoms with Gasteiger partial charge in [0.25, 0.3) is 0 Å². The van der Waals surface area contributed by atoms with Gasteiger partial charge >= 0.3 is 0 Å². The lowest BCUT2D eigenvalue weighted by Crippen LogP contribution is -2.12. The second kappa shape index (κ2) is 6.83. The van der Waals surface area contributed by atoms with Gasteiger partial charge in [0.15, 0.2) is 0 Å². The molecule has 0 N–H and O–H groups in total. The molecule has 1 fully saturated rings. The number of hydrogen-bond donors (Lipinski definition) is 0. The summed E-state index contributed by atoms with van der Waals surface area (Å²) in [6.45, 7) is 2.21. The average molecular weight is 301 g/mol. The number of aryl methyl sites for hydroxylation is 1. The minimum absolute atomic E-state index is 0.161. The molecule has 0 heterocycles. The Kier molecular flexibility index (Phi) is 4.85. The summed E-state index contributed by atoms with van der Waals surface area (Å²) in [5, 5.41) is 2.82. The summed E-state index contributed by atoms with van der Waals surface area (Å²) in [6.07, 6.45) is 9.44. The molecule has 0 spiro atoms. The van der Waals surface area contributed by atoms with Crippen molar-refractivity contribution in [1.82, 2.24) is 0 Å². The van der Waals surface area contributed by atoms with Crippen molar-refractivity contribution >= 4 is 22.4 Å². The largest absolute Gasteiger partial charge is 0.117 e. The fourth-order valence-electron chi connectivity index (χ4n) is 3.79. The van der Waals surface area contributed by atoms with Crippen LogP contribution in [0.15, 0.2) is 36.4 Å². The molecule has 1 aliphatic rings. The minimum atomic E-state index is 0.161. The highest BCUT2D eigenvalue weighted by Gasteiger charge is 2.24.